The Kier molecular flexibility index (Phi) is 6.44. The summed E-state index contributed by atoms with van der Waals surface area (Å²) in [5.74, 6) is 1.69. The van der Waals surface area contributed by atoms with E-state index in [1.54, 1.807) is 49.7 Å². The second-order valence-electron chi connectivity index (χ2n) is 7.65. The van der Waals surface area contributed by atoms with E-state index in [1.807, 2.05) is 12.1 Å². The van der Waals surface area contributed by atoms with Crippen molar-refractivity contribution in [1.29, 1.82) is 0 Å². The molecule has 1 fully saturated rings. The molecule has 1 aliphatic heterocycles. The normalized spacial score (nSPS) is 15.2. The van der Waals surface area contributed by atoms with Crippen molar-refractivity contribution in [2.45, 2.75) is 31.8 Å². The molecular weight excluding hydrogens is 410 g/mol. The van der Waals surface area contributed by atoms with Gasteiger partial charge in [0, 0.05) is 43.5 Å². The van der Waals surface area contributed by atoms with Crippen LogP contribution in [0.4, 0.5) is 0 Å². The summed E-state index contributed by atoms with van der Waals surface area (Å²) in [6.07, 6.45) is 5.51. The van der Waals surface area contributed by atoms with Crippen LogP contribution in [0.15, 0.2) is 53.7 Å². The topological polar surface area (TPSA) is 110 Å². The molecule has 0 unspecified atom stereocenters. The Morgan fingerprint density at radius 1 is 1.19 bits per heavy atom. The monoisotopic (exact) mass is 435 g/mol. The molecule has 3 heterocycles. The zero-order valence-electron chi connectivity index (χ0n) is 18.0. The van der Waals surface area contributed by atoms with E-state index in [1.165, 1.54) is 6.07 Å². The number of rotatable bonds is 6. The minimum absolute atomic E-state index is 0.0645. The highest BCUT2D eigenvalue weighted by molar-refractivity contribution is 5.81. The van der Waals surface area contributed by atoms with Gasteiger partial charge in [-0.2, -0.15) is 0 Å². The number of hydrogen-bond acceptors (Lipinski definition) is 7. The molecule has 4 rings (SSSR count). The molecule has 1 aliphatic rings. The van der Waals surface area contributed by atoms with E-state index >= 15 is 0 Å². The molecule has 9 nitrogen and oxygen atoms in total. The zero-order valence-corrected chi connectivity index (χ0v) is 18.0. The molecule has 3 aromatic rings. The van der Waals surface area contributed by atoms with Crippen LogP contribution in [0, 0.1) is 0 Å². The summed E-state index contributed by atoms with van der Waals surface area (Å²) in [5, 5.41) is 0. The summed E-state index contributed by atoms with van der Waals surface area (Å²) in [5.41, 5.74) is 0.999. The molecule has 1 N–H and O–H groups in total. The number of nitrogens with zero attached hydrogens (tertiary/aromatic N) is 4. The average molecular weight is 435 g/mol. The number of carbonyl (C=O) groups excluding carboxylic acids is 1. The Balaban J connectivity index is 1.39. The van der Waals surface area contributed by atoms with Gasteiger partial charge in [0.05, 0.1) is 19.0 Å². The van der Waals surface area contributed by atoms with Crippen LogP contribution in [0.1, 0.15) is 31.4 Å². The van der Waals surface area contributed by atoms with Crippen molar-refractivity contribution >= 4 is 5.91 Å². The second kappa shape index (κ2) is 9.59. The molecule has 2 aromatic heterocycles. The molecule has 1 saturated heterocycles. The van der Waals surface area contributed by atoms with Gasteiger partial charge >= 0.3 is 0 Å². The third-order valence-corrected chi connectivity index (χ3v) is 5.49. The molecule has 166 valence electrons. The minimum atomic E-state index is -0.611. The van der Waals surface area contributed by atoms with Crippen molar-refractivity contribution < 1.29 is 14.3 Å². The van der Waals surface area contributed by atoms with Crippen molar-refractivity contribution in [3.63, 3.8) is 0 Å². The maximum atomic E-state index is 12.9. The van der Waals surface area contributed by atoms with Gasteiger partial charge in [0.25, 0.3) is 11.5 Å². The van der Waals surface area contributed by atoms with Crippen LogP contribution < -0.4 is 15.0 Å². The lowest BCUT2D eigenvalue weighted by Gasteiger charge is -2.33. The lowest BCUT2D eigenvalue weighted by atomic mass is 9.93. The molecule has 1 aromatic carbocycles. The highest BCUT2D eigenvalue weighted by Crippen LogP contribution is 2.28. The van der Waals surface area contributed by atoms with Crippen molar-refractivity contribution in [2.75, 3.05) is 20.2 Å². The Labute approximate surface area is 185 Å². The lowest BCUT2D eigenvalue weighted by Crippen LogP contribution is -2.44. The standard InChI is InChI=1S/C23H25N5O4/c1-15(32-18-5-3-4-17(12-18)31-2)23(30)28-10-6-16(7-11-28)19-13-21(29)27-22(26-19)20-14-24-8-9-25-20/h3-5,8-9,12-16H,6-7,10-11H2,1-2H3,(H,26,27,29)/t15-/m1/s1. The highest BCUT2D eigenvalue weighted by Gasteiger charge is 2.28. The Morgan fingerprint density at radius 3 is 2.69 bits per heavy atom. The Bertz CT molecular complexity index is 1130. The molecule has 0 radical (unpaired) electrons. The number of benzene rings is 1. The zero-order chi connectivity index (χ0) is 22.5. The van der Waals surface area contributed by atoms with Crippen molar-refractivity contribution in [1.82, 2.24) is 24.8 Å². The van der Waals surface area contributed by atoms with Gasteiger partial charge < -0.3 is 19.4 Å². The van der Waals surface area contributed by atoms with E-state index in [0.717, 1.165) is 0 Å². The van der Waals surface area contributed by atoms with Gasteiger partial charge in [0.1, 0.15) is 17.2 Å². The summed E-state index contributed by atoms with van der Waals surface area (Å²) in [6.45, 7) is 2.90. The van der Waals surface area contributed by atoms with Gasteiger partial charge in [-0.05, 0) is 31.9 Å². The highest BCUT2D eigenvalue weighted by atomic mass is 16.5. The van der Waals surface area contributed by atoms with Crippen LogP contribution in [-0.2, 0) is 4.79 Å². The van der Waals surface area contributed by atoms with Crippen LogP contribution in [0.2, 0.25) is 0 Å². The molecule has 0 bridgehead atoms. The van der Waals surface area contributed by atoms with E-state index in [-0.39, 0.29) is 17.4 Å². The van der Waals surface area contributed by atoms with Crippen molar-refractivity contribution in [2.24, 2.45) is 0 Å². The van der Waals surface area contributed by atoms with Crippen LogP contribution in [-0.4, -0.2) is 57.0 Å². The Hall–Kier alpha value is -3.75. The molecule has 9 heteroatoms. The van der Waals surface area contributed by atoms with Crippen molar-refractivity contribution in [3.8, 4) is 23.0 Å². The summed E-state index contributed by atoms with van der Waals surface area (Å²) >= 11 is 0. The molecular formula is C23H25N5O4. The van der Waals surface area contributed by atoms with E-state index in [2.05, 4.69) is 19.9 Å². The fourth-order valence-electron chi connectivity index (χ4n) is 3.81. The molecule has 32 heavy (non-hydrogen) atoms. The second-order valence-corrected chi connectivity index (χ2v) is 7.65. The predicted octanol–water partition coefficient (Wildman–Crippen LogP) is 2.41. The molecule has 1 amide bonds. The number of piperidine rings is 1. The quantitative estimate of drug-likeness (QED) is 0.633. The summed E-state index contributed by atoms with van der Waals surface area (Å²) in [7, 11) is 1.59. The number of carbonyl (C=O) groups is 1. The van der Waals surface area contributed by atoms with Gasteiger partial charge in [-0.3, -0.25) is 14.6 Å². The number of methoxy groups -OCH3 is 1. The molecule has 0 aliphatic carbocycles. The summed E-state index contributed by atoms with van der Waals surface area (Å²) in [4.78, 5) is 42.4. The minimum Gasteiger partial charge on any atom is -0.497 e. The van der Waals surface area contributed by atoms with Crippen molar-refractivity contribution in [3.05, 3.63) is 65.0 Å². The van der Waals surface area contributed by atoms with E-state index in [0.29, 0.717) is 54.6 Å². The first-order chi connectivity index (χ1) is 15.5. The van der Waals surface area contributed by atoms with Crippen LogP contribution >= 0.6 is 0 Å². The van der Waals surface area contributed by atoms with E-state index in [9.17, 15) is 9.59 Å². The number of likely N-dealkylation sites (tertiary alicyclic amines) is 1. The SMILES string of the molecule is COc1cccc(O[C@H](C)C(=O)N2CCC(c3cc(=O)[nH]c(-c4cnccn4)n3)CC2)c1. The fourth-order valence-corrected chi connectivity index (χ4v) is 3.81. The van der Waals surface area contributed by atoms with Gasteiger partial charge in [0.15, 0.2) is 11.9 Å². The van der Waals surface area contributed by atoms with E-state index in [4.69, 9.17) is 9.47 Å². The van der Waals surface area contributed by atoms with Crippen LogP contribution in [0.3, 0.4) is 0 Å². The van der Waals surface area contributed by atoms with Crippen LogP contribution in [0.5, 0.6) is 11.5 Å². The summed E-state index contributed by atoms with van der Waals surface area (Å²) < 4.78 is 11.0. The molecule has 0 saturated carbocycles. The first kappa shape index (κ1) is 21.5. The first-order valence-electron chi connectivity index (χ1n) is 10.5. The third kappa shape index (κ3) is 4.93. The largest absolute Gasteiger partial charge is 0.497 e. The first-order valence-corrected chi connectivity index (χ1v) is 10.5. The molecule has 1 atom stereocenters. The van der Waals surface area contributed by atoms with E-state index < -0.39 is 6.10 Å². The lowest BCUT2D eigenvalue weighted by molar-refractivity contribution is -0.139. The average Bonchev–Trinajstić information content (AvgIpc) is 2.84. The fraction of sp³-hybridized carbons (Fsp3) is 0.348. The van der Waals surface area contributed by atoms with Crippen LogP contribution in [0.25, 0.3) is 11.5 Å². The number of amides is 1. The number of hydrogen-bond donors (Lipinski definition) is 1. The molecule has 0 spiro atoms. The van der Waals surface area contributed by atoms with Gasteiger partial charge in [-0.15, -0.1) is 0 Å². The third-order valence-electron chi connectivity index (χ3n) is 5.49. The number of aromatic amines is 1. The van der Waals surface area contributed by atoms with Gasteiger partial charge in [-0.1, -0.05) is 6.07 Å². The number of aromatic nitrogens is 4. The smallest absolute Gasteiger partial charge is 0.263 e. The number of nitrogens with one attached hydrogen (secondary N) is 1. The maximum absolute atomic E-state index is 12.9. The number of H-pyrrole nitrogens is 1. The Morgan fingerprint density at radius 2 is 1.97 bits per heavy atom. The number of ether oxygens (including phenoxy) is 2. The predicted molar refractivity (Wildman–Crippen MR) is 118 cm³/mol. The van der Waals surface area contributed by atoms with Gasteiger partial charge in [0.2, 0.25) is 0 Å². The summed E-state index contributed by atoms with van der Waals surface area (Å²) in [6, 6.07) is 8.72. The van der Waals surface area contributed by atoms with Gasteiger partial charge in [-0.25, -0.2) is 9.97 Å². The maximum Gasteiger partial charge on any atom is 0.263 e.